The van der Waals surface area contributed by atoms with Crippen LogP contribution >= 0.6 is 0 Å². The summed E-state index contributed by atoms with van der Waals surface area (Å²) in [5, 5.41) is 13.7. The Kier molecular flexibility index (Phi) is 13.7. The molecule has 0 saturated heterocycles. The van der Waals surface area contributed by atoms with E-state index in [0.29, 0.717) is 13.0 Å². The lowest BCUT2D eigenvalue weighted by Crippen LogP contribution is -2.25. The number of fused-ring (bicyclic) bond motifs is 1. The summed E-state index contributed by atoms with van der Waals surface area (Å²) in [4.78, 5) is 15.3. The molecule has 1 heterocycles. The Bertz CT molecular complexity index is 753. The number of aromatic hydroxyl groups is 1. The van der Waals surface area contributed by atoms with Crippen LogP contribution in [0.4, 0.5) is 0 Å². The first-order valence-electron chi connectivity index (χ1n) is 13.3. The highest BCUT2D eigenvalue weighted by atomic mass is 16.3. The van der Waals surface area contributed by atoms with E-state index in [1.54, 1.807) is 12.1 Å². The van der Waals surface area contributed by atoms with E-state index in [9.17, 15) is 9.90 Å². The van der Waals surface area contributed by atoms with Gasteiger partial charge in [-0.2, -0.15) is 0 Å². The van der Waals surface area contributed by atoms with E-state index in [-0.39, 0.29) is 11.7 Å². The average Bonchev–Trinajstić information content (AvgIpc) is 3.18. The van der Waals surface area contributed by atoms with Crippen molar-refractivity contribution in [1.29, 1.82) is 0 Å². The minimum absolute atomic E-state index is 0.155. The number of phenols is 1. The summed E-state index contributed by atoms with van der Waals surface area (Å²) < 4.78 is 0. The van der Waals surface area contributed by atoms with Crippen LogP contribution in [0.15, 0.2) is 24.4 Å². The molecule has 2 aromatic rings. The van der Waals surface area contributed by atoms with Gasteiger partial charge in [0.25, 0.3) is 0 Å². The van der Waals surface area contributed by atoms with Gasteiger partial charge < -0.3 is 15.4 Å². The lowest BCUT2D eigenvalue weighted by molar-refractivity contribution is -0.121. The maximum absolute atomic E-state index is 12.1. The Morgan fingerprint density at radius 1 is 0.844 bits per heavy atom. The SMILES string of the molecule is CCCCCCCCCCCCCCCCCC(=O)NCCc1c[nH]c2ccc(O)cc12. The molecule has 0 bridgehead atoms. The molecule has 0 atom stereocenters. The van der Waals surface area contributed by atoms with Gasteiger partial charge in [0.1, 0.15) is 5.75 Å². The van der Waals surface area contributed by atoms with E-state index in [1.165, 1.54) is 83.5 Å². The number of H-pyrrole nitrogens is 1. The van der Waals surface area contributed by atoms with Crippen LogP contribution in [0.5, 0.6) is 5.75 Å². The van der Waals surface area contributed by atoms with Gasteiger partial charge in [-0.1, -0.05) is 96.8 Å². The molecule has 3 N–H and O–H groups in total. The third-order valence-electron chi connectivity index (χ3n) is 6.47. The van der Waals surface area contributed by atoms with Crippen molar-refractivity contribution in [2.24, 2.45) is 0 Å². The monoisotopic (exact) mass is 442 g/mol. The van der Waals surface area contributed by atoms with Gasteiger partial charge in [-0.05, 0) is 36.6 Å². The molecule has 0 aliphatic heterocycles. The Morgan fingerprint density at radius 2 is 1.41 bits per heavy atom. The zero-order valence-corrected chi connectivity index (χ0v) is 20.4. The highest BCUT2D eigenvalue weighted by Gasteiger charge is 2.06. The molecule has 1 amide bonds. The van der Waals surface area contributed by atoms with E-state index in [1.807, 2.05) is 12.3 Å². The summed E-state index contributed by atoms with van der Waals surface area (Å²) in [6, 6.07) is 5.34. The van der Waals surface area contributed by atoms with E-state index in [4.69, 9.17) is 0 Å². The third kappa shape index (κ3) is 11.1. The Hall–Kier alpha value is -1.97. The Balaban J connectivity index is 1.37. The minimum atomic E-state index is 0.155. The number of benzene rings is 1. The predicted octanol–water partition coefficient (Wildman–Crippen LogP) is 7.79. The number of rotatable bonds is 19. The van der Waals surface area contributed by atoms with Crippen molar-refractivity contribution in [2.75, 3.05) is 6.54 Å². The van der Waals surface area contributed by atoms with E-state index in [2.05, 4.69) is 17.2 Å². The summed E-state index contributed by atoms with van der Waals surface area (Å²) in [5.41, 5.74) is 2.14. The van der Waals surface area contributed by atoms with Crippen molar-refractivity contribution < 1.29 is 9.90 Å². The molecular weight excluding hydrogens is 396 g/mol. The maximum Gasteiger partial charge on any atom is 0.220 e. The van der Waals surface area contributed by atoms with Gasteiger partial charge in [0.05, 0.1) is 0 Å². The zero-order chi connectivity index (χ0) is 22.9. The molecule has 1 aromatic carbocycles. The number of amides is 1. The molecule has 0 fully saturated rings. The smallest absolute Gasteiger partial charge is 0.220 e. The highest BCUT2D eigenvalue weighted by molar-refractivity contribution is 5.84. The number of carbonyl (C=O) groups is 1. The molecule has 4 heteroatoms. The predicted molar refractivity (Wildman–Crippen MR) is 136 cm³/mol. The van der Waals surface area contributed by atoms with E-state index < -0.39 is 0 Å². The fourth-order valence-electron chi connectivity index (χ4n) is 4.46. The summed E-state index contributed by atoms with van der Waals surface area (Å²) in [6.45, 7) is 2.92. The van der Waals surface area contributed by atoms with Crippen molar-refractivity contribution in [1.82, 2.24) is 10.3 Å². The van der Waals surface area contributed by atoms with Crippen molar-refractivity contribution in [2.45, 2.75) is 116 Å². The Morgan fingerprint density at radius 3 is 2.00 bits per heavy atom. The number of carbonyl (C=O) groups excluding carboxylic acids is 1. The Labute approximate surface area is 195 Å². The number of phenolic OH excluding ortho intramolecular Hbond substituents is 1. The van der Waals surface area contributed by atoms with Crippen LogP contribution in [0.25, 0.3) is 10.9 Å². The molecule has 0 radical (unpaired) electrons. The van der Waals surface area contributed by atoms with E-state index in [0.717, 1.165) is 35.7 Å². The average molecular weight is 443 g/mol. The zero-order valence-electron chi connectivity index (χ0n) is 20.4. The van der Waals surface area contributed by atoms with E-state index >= 15 is 0 Å². The van der Waals surface area contributed by atoms with Crippen LogP contribution in [-0.2, 0) is 11.2 Å². The summed E-state index contributed by atoms with van der Waals surface area (Å²) >= 11 is 0. The van der Waals surface area contributed by atoms with Crippen LogP contribution in [-0.4, -0.2) is 22.5 Å². The molecule has 0 aliphatic rings. The van der Waals surface area contributed by atoms with Gasteiger partial charge in [-0.15, -0.1) is 0 Å². The molecule has 4 nitrogen and oxygen atoms in total. The standard InChI is InChI=1S/C28H46N2O2/c1-2-3-4-5-6-7-8-9-10-11-12-13-14-15-16-17-28(32)29-21-20-24-23-30-27-19-18-25(31)22-26(24)27/h18-19,22-23,30-31H,2-17,20-21H2,1H3,(H,29,32). The van der Waals surface area contributed by atoms with Crippen LogP contribution < -0.4 is 5.32 Å². The first-order chi connectivity index (χ1) is 15.7. The second-order valence-electron chi connectivity index (χ2n) is 9.34. The first kappa shape index (κ1) is 26.3. The fraction of sp³-hybridized carbons (Fsp3) is 0.679. The topological polar surface area (TPSA) is 65.1 Å². The van der Waals surface area contributed by atoms with Gasteiger partial charge in [0.2, 0.25) is 5.91 Å². The number of unbranched alkanes of at least 4 members (excludes halogenated alkanes) is 14. The molecule has 180 valence electrons. The van der Waals surface area contributed by atoms with Gasteiger partial charge in [-0.25, -0.2) is 0 Å². The maximum atomic E-state index is 12.1. The van der Waals surface area contributed by atoms with Crippen LogP contribution in [0.1, 0.15) is 115 Å². The molecule has 0 unspecified atom stereocenters. The second-order valence-corrected chi connectivity index (χ2v) is 9.34. The minimum Gasteiger partial charge on any atom is -0.508 e. The number of aromatic amines is 1. The first-order valence-corrected chi connectivity index (χ1v) is 13.3. The highest BCUT2D eigenvalue weighted by Crippen LogP contribution is 2.23. The number of hydrogen-bond acceptors (Lipinski definition) is 2. The van der Waals surface area contributed by atoms with Gasteiger partial charge in [0.15, 0.2) is 0 Å². The number of nitrogens with one attached hydrogen (secondary N) is 2. The molecule has 1 aromatic heterocycles. The van der Waals surface area contributed by atoms with Gasteiger partial charge in [-0.3, -0.25) is 4.79 Å². The third-order valence-corrected chi connectivity index (χ3v) is 6.47. The summed E-state index contributed by atoms with van der Waals surface area (Å²) in [6.07, 6.45) is 23.5. The van der Waals surface area contributed by atoms with Crippen molar-refractivity contribution >= 4 is 16.8 Å². The van der Waals surface area contributed by atoms with Gasteiger partial charge in [0, 0.05) is 30.1 Å². The largest absolute Gasteiger partial charge is 0.508 e. The number of aromatic nitrogens is 1. The molecule has 2 rings (SSSR count). The van der Waals surface area contributed by atoms with Crippen LogP contribution in [0.2, 0.25) is 0 Å². The fourth-order valence-corrected chi connectivity index (χ4v) is 4.46. The van der Waals surface area contributed by atoms with Crippen molar-refractivity contribution in [3.8, 4) is 5.75 Å². The molecule has 32 heavy (non-hydrogen) atoms. The lowest BCUT2D eigenvalue weighted by atomic mass is 10.0. The van der Waals surface area contributed by atoms with Crippen molar-refractivity contribution in [3.05, 3.63) is 30.0 Å². The van der Waals surface area contributed by atoms with Crippen LogP contribution in [0.3, 0.4) is 0 Å². The van der Waals surface area contributed by atoms with Crippen LogP contribution in [0, 0.1) is 0 Å². The summed E-state index contributed by atoms with van der Waals surface area (Å²) in [5.74, 6) is 0.429. The lowest BCUT2D eigenvalue weighted by Gasteiger charge is -2.06. The molecule has 0 aliphatic carbocycles. The molecule has 0 saturated carbocycles. The molecular formula is C28H46N2O2. The number of hydrogen-bond donors (Lipinski definition) is 3. The quantitative estimate of drug-likeness (QED) is 0.194. The second kappa shape index (κ2) is 16.6. The van der Waals surface area contributed by atoms with Crippen molar-refractivity contribution in [3.63, 3.8) is 0 Å². The summed E-state index contributed by atoms with van der Waals surface area (Å²) in [7, 11) is 0. The van der Waals surface area contributed by atoms with Gasteiger partial charge >= 0.3 is 0 Å². The normalized spacial score (nSPS) is 11.3. The molecule has 0 spiro atoms.